The van der Waals surface area contributed by atoms with Gasteiger partial charge in [0.15, 0.2) is 11.5 Å². The van der Waals surface area contributed by atoms with Gasteiger partial charge in [-0.15, -0.1) is 0 Å². The van der Waals surface area contributed by atoms with Gasteiger partial charge in [-0.1, -0.05) is 0 Å². The van der Waals surface area contributed by atoms with Gasteiger partial charge in [0.25, 0.3) is 0 Å². The van der Waals surface area contributed by atoms with Gasteiger partial charge in [0.1, 0.15) is 6.07 Å². The SMILES string of the molecule is N#Cc1cnc(N2CC(O)CC2=O)cn1. The number of nitrogens with zero attached hydrogens (tertiary/aromatic N) is 4. The molecule has 0 saturated carbocycles. The van der Waals surface area contributed by atoms with E-state index in [-0.39, 0.29) is 24.6 Å². The van der Waals surface area contributed by atoms with Gasteiger partial charge in [0, 0.05) is 0 Å². The molecule has 0 radical (unpaired) electrons. The molecule has 15 heavy (non-hydrogen) atoms. The lowest BCUT2D eigenvalue weighted by Crippen LogP contribution is -2.26. The predicted octanol–water partition coefficient (Wildman–Crippen LogP) is -0.554. The van der Waals surface area contributed by atoms with Gasteiger partial charge in [-0.25, -0.2) is 9.97 Å². The first-order valence-electron chi connectivity index (χ1n) is 4.41. The van der Waals surface area contributed by atoms with Crippen LogP contribution in [0.3, 0.4) is 0 Å². The second kappa shape index (κ2) is 3.63. The summed E-state index contributed by atoms with van der Waals surface area (Å²) in [7, 11) is 0. The third-order valence-electron chi connectivity index (χ3n) is 2.13. The minimum Gasteiger partial charge on any atom is -0.391 e. The number of nitriles is 1. The van der Waals surface area contributed by atoms with Crippen LogP contribution in [0, 0.1) is 11.3 Å². The van der Waals surface area contributed by atoms with Gasteiger partial charge in [-0.05, 0) is 0 Å². The average molecular weight is 204 g/mol. The minimum absolute atomic E-state index is 0.113. The van der Waals surface area contributed by atoms with Gasteiger partial charge < -0.3 is 5.11 Å². The van der Waals surface area contributed by atoms with Gasteiger partial charge in [0.2, 0.25) is 5.91 Å². The van der Waals surface area contributed by atoms with Crippen molar-refractivity contribution in [3.8, 4) is 6.07 Å². The number of hydrogen-bond acceptors (Lipinski definition) is 5. The first-order chi connectivity index (χ1) is 7.20. The molecular weight excluding hydrogens is 196 g/mol. The summed E-state index contributed by atoms with van der Waals surface area (Å²) in [5.74, 6) is 0.192. The van der Waals surface area contributed by atoms with Crippen LogP contribution in [-0.4, -0.2) is 33.6 Å². The Morgan fingerprint density at radius 1 is 1.53 bits per heavy atom. The Kier molecular flexibility index (Phi) is 2.31. The second-order valence-electron chi connectivity index (χ2n) is 3.23. The van der Waals surface area contributed by atoms with E-state index in [0.717, 1.165) is 0 Å². The monoisotopic (exact) mass is 204 g/mol. The van der Waals surface area contributed by atoms with Crippen molar-refractivity contribution >= 4 is 11.7 Å². The Bertz CT molecular complexity index is 423. The number of anilines is 1. The average Bonchev–Trinajstić information content (AvgIpc) is 2.58. The number of aliphatic hydroxyl groups is 1. The summed E-state index contributed by atoms with van der Waals surface area (Å²) in [6.07, 6.45) is 2.12. The molecule has 1 saturated heterocycles. The molecule has 0 bridgehead atoms. The molecule has 1 unspecified atom stereocenters. The molecule has 1 atom stereocenters. The molecule has 1 aliphatic rings. The molecule has 1 aliphatic heterocycles. The van der Waals surface area contributed by atoms with E-state index in [1.54, 1.807) is 0 Å². The Hall–Kier alpha value is -2.00. The number of aliphatic hydroxyl groups excluding tert-OH is 1. The van der Waals surface area contributed by atoms with Crippen molar-refractivity contribution in [3.05, 3.63) is 18.1 Å². The van der Waals surface area contributed by atoms with Crippen LogP contribution in [0.2, 0.25) is 0 Å². The van der Waals surface area contributed by atoms with Crippen LogP contribution >= 0.6 is 0 Å². The maximum atomic E-state index is 11.4. The fourth-order valence-corrected chi connectivity index (χ4v) is 1.43. The molecule has 2 heterocycles. The molecule has 0 spiro atoms. The van der Waals surface area contributed by atoms with Gasteiger partial charge in [0.05, 0.1) is 31.5 Å². The van der Waals surface area contributed by atoms with Crippen LogP contribution in [0.15, 0.2) is 12.4 Å². The highest BCUT2D eigenvalue weighted by molar-refractivity contribution is 5.94. The van der Waals surface area contributed by atoms with E-state index >= 15 is 0 Å². The second-order valence-corrected chi connectivity index (χ2v) is 3.23. The first kappa shape index (κ1) is 9.55. The highest BCUT2D eigenvalue weighted by Crippen LogP contribution is 2.17. The van der Waals surface area contributed by atoms with Crippen molar-refractivity contribution in [2.45, 2.75) is 12.5 Å². The standard InChI is InChI=1S/C9H8N4O2/c10-2-6-3-12-8(4-11-6)13-5-7(14)1-9(13)15/h3-4,7,14H,1,5H2. The lowest BCUT2D eigenvalue weighted by molar-refractivity contribution is -0.117. The van der Waals surface area contributed by atoms with E-state index in [9.17, 15) is 9.90 Å². The summed E-state index contributed by atoms with van der Waals surface area (Å²) >= 11 is 0. The quantitative estimate of drug-likeness (QED) is 0.662. The van der Waals surface area contributed by atoms with Crippen LogP contribution in [0.5, 0.6) is 0 Å². The van der Waals surface area contributed by atoms with Gasteiger partial charge in [-0.3, -0.25) is 9.69 Å². The number of β-amino-alcohol motifs (C(OH)–C–C–N with tert-alkyl or cyclic N) is 1. The normalized spacial score (nSPS) is 20.4. The zero-order chi connectivity index (χ0) is 10.8. The lowest BCUT2D eigenvalue weighted by Gasteiger charge is -2.13. The van der Waals surface area contributed by atoms with Crippen LogP contribution in [-0.2, 0) is 4.79 Å². The summed E-state index contributed by atoms with van der Waals surface area (Å²) in [5, 5.41) is 17.8. The van der Waals surface area contributed by atoms with Crippen molar-refractivity contribution in [3.63, 3.8) is 0 Å². The molecule has 1 amide bonds. The van der Waals surface area contributed by atoms with E-state index in [4.69, 9.17) is 5.26 Å². The molecular formula is C9H8N4O2. The molecule has 1 aromatic heterocycles. The van der Waals surface area contributed by atoms with Gasteiger partial charge in [-0.2, -0.15) is 5.26 Å². The van der Waals surface area contributed by atoms with Crippen molar-refractivity contribution in [1.82, 2.24) is 9.97 Å². The molecule has 0 aromatic carbocycles. The smallest absolute Gasteiger partial charge is 0.230 e. The molecule has 1 aromatic rings. The Balaban J connectivity index is 2.23. The van der Waals surface area contributed by atoms with Crippen LogP contribution in [0.4, 0.5) is 5.82 Å². The molecule has 6 nitrogen and oxygen atoms in total. The number of amides is 1. The first-order valence-corrected chi connectivity index (χ1v) is 4.41. The zero-order valence-corrected chi connectivity index (χ0v) is 7.79. The van der Waals surface area contributed by atoms with Crippen LogP contribution < -0.4 is 4.90 Å². The van der Waals surface area contributed by atoms with Gasteiger partial charge >= 0.3 is 0 Å². The summed E-state index contributed by atoms with van der Waals surface area (Å²) in [6, 6.07) is 1.84. The van der Waals surface area contributed by atoms with Crippen molar-refractivity contribution in [2.75, 3.05) is 11.4 Å². The van der Waals surface area contributed by atoms with E-state index < -0.39 is 6.10 Å². The Labute approximate surface area is 85.8 Å². The fraction of sp³-hybridized carbons (Fsp3) is 0.333. The molecule has 1 fully saturated rings. The molecule has 76 valence electrons. The molecule has 1 N–H and O–H groups in total. The van der Waals surface area contributed by atoms with E-state index in [1.807, 2.05) is 6.07 Å². The summed E-state index contributed by atoms with van der Waals surface area (Å²) < 4.78 is 0. The highest BCUT2D eigenvalue weighted by Gasteiger charge is 2.29. The fourth-order valence-electron chi connectivity index (χ4n) is 1.43. The summed E-state index contributed by atoms with van der Waals surface area (Å²) in [5.41, 5.74) is 0.200. The molecule has 6 heteroatoms. The highest BCUT2D eigenvalue weighted by atomic mass is 16.3. The Morgan fingerprint density at radius 3 is 2.80 bits per heavy atom. The third kappa shape index (κ3) is 1.78. The van der Waals surface area contributed by atoms with E-state index in [0.29, 0.717) is 5.82 Å². The van der Waals surface area contributed by atoms with E-state index in [2.05, 4.69) is 9.97 Å². The number of rotatable bonds is 1. The number of carbonyl (C=O) groups is 1. The molecule has 0 aliphatic carbocycles. The zero-order valence-electron chi connectivity index (χ0n) is 7.79. The van der Waals surface area contributed by atoms with Crippen molar-refractivity contribution in [1.29, 1.82) is 5.26 Å². The Morgan fingerprint density at radius 2 is 2.33 bits per heavy atom. The van der Waals surface area contributed by atoms with Crippen molar-refractivity contribution in [2.24, 2.45) is 0 Å². The number of carbonyl (C=O) groups excluding carboxylic acids is 1. The third-order valence-corrected chi connectivity index (χ3v) is 2.13. The maximum absolute atomic E-state index is 11.4. The van der Waals surface area contributed by atoms with Crippen molar-refractivity contribution < 1.29 is 9.90 Å². The maximum Gasteiger partial charge on any atom is 0.230 e. The largest absolute Gasteiger partial charge is 0.391 e. The number of aromatic nitrogens is 2. The van der Waals surface area contributed by atoms with Crippen LogP contribution in [0.25, 0.3) is 0 Å². The lowest BCUT2D eigenvalue weighted by atomic mass is 10.3. The summed E-state index contributed by atoms with van der Waals surface area (Å²) in [6.45, 7) is 0.236. The van der Waals surface area contributed by atoms with Crippen LogP contribution in [0.1, 0.15) is 12.1 Å². The number of hydrogen-bond donors (Lipinski definition) is 1. The summed E-state index contributed by atoms with van der Waals surface area (Å²) in [4.78, 5) is 20.5. The minimum atomic E-state index is -0.644. The predicted molar refractivity (Wildman–Crippen MR) is 49.7 cm³/mol. The van der Waals surface area contributed by atoms with E-state index in [1.165, 1.54) is 17.3 Å². The molecule has 2 rings (SSSR count). The topological polar surface area (TPSA) is 90.1 Å².